The Hall–Kier alpha value is -0.200. The maximum atomic E-state index is 11.6. The van der Waals surface area contributed by atoms with Crippen molar-refractivity contribution in [2.24, 2.45) is 22.7 Å². The van der Waals surface area contributed by atoms with Crippen molar-refractivity contribution in [1.82, 2.24) is 0 Å². The molecule has 24 heavy (non-hydrogen) atoms. The van der Waals surface area contributed by atoms with Crippen molar-refractivity contribution in [1.29, 1.82) is 0 Å². The molecule has 2 aliphatic heterocycles. The SMILES string of the molecule is CO[C@@H]1O[C@H]2CCC(C)(C)[C@@H]3[C@@H]4OC(C)(C)O[C@@H]4[C@@](C)(O)[C@@H]1[C@@]23C. The number of hydrogen-bond donors (Lipinski definition) is 1. The van der Waals surface area contributed by atoms with Crippen LogP contribution in [0.15, 0.2) is 0 Å². The zero-order chi connectivity index (χ0) is 17.7. The van der Waals surface area contributed by atoms with Crippen LogP contribution < -0.4 is 0 Å². The normalized spacial score (nSPS) is 57.5. The molecule has 0 radical (unpaired) electrons. The van der Waals surface area contributed by atoms with Gasteiger partial charge >= 0.3 is 0 Å². The van der Waals surface area contributed by atoms with E-state index in [4.69, 9.17) is 18.9 Å². The number of methoxy groups -OCH3 is 1. The molecule has 1 N–H and O–H groups in total. The van der Waals surface area contributed by atoms with Crippen LogP contribution in [-0.4, -0.2) is 48.2 Å². The molecule has 4 aliphatic rings. The first-order chi connectivity index (χ1) is 10.9. The van der Waals surface area contributed by atoms with Crippen molar-refractivity contribution in [2.45, 2.75) is 90.4 Å². The molecule has 2 saturated carbocycles. The van der Waals surface area contributed by atoms with Crippen LogP contribution in [0.2, 0.25) is 0 Å². The van der Waals surface area contributed by atoms with Gasteiger partial charge in [0.05, 0.1) is 17.8 Å². The molecular formula is C19H32O5. The lowest BCUT2D eigenvalue weighted by Crippen LogP contribution is -2.70. The van der Waals surface area contributed by atoms with E-state index in [1.807, 2.05) is 20.8 Å². The molecule has 0 aromatic rings. The Morgan fingerprint density at radius 3 is 2.29 bits per heavy atom. The number of fused-ring (bicyclic) bond motifs is 2. The number of hydrogen-bond acceptors (Lipinski definition) is 5. The molecule has 0 aromatic heterocycles. The standard InChI is InChI=1S/C19H32O5/c1-16(2)9-8-10-18(5)12(16)11-14(24-17(3,4)23-11)19(6,20)13(18)15(21-7)22-10/h10-15,20H,8-9H2,1-7H3/t10-,11-,12-,13-,14-,15+,18-,19-/m0/s1. The van der Waals surface area contributed by atoms with Crippen LogP contribution in [0.1, 0.15) is 54.4 Å². The fourth-order valence-electron chi connectivity index (χ4n) is 6.71. The van der Waals surface area contributed by atoms with Crippen molar-refractivity contribution >= 4 is 0 Å². The maximum Gasteiger partial charge on any atom is 0.163 e. The van der Waals surface area contributed by atoms with E-state index in [0.717, 1.165) is 12.8 Å². The van der Waals surface area contributed by atoms with Crippen LogP contribution >= 0.6 is 0 Å². The average molecular weight is 340 g/mol. The highest BCUT2D eigenvalue weighted by atomic mass is 16.8. The highest BCUT2D eigenvalue weighted by Crippen LogP contribution is 2.69. The highest BCUT2D eigenvalue weighted by Gasteiger charge is 2.76. The summed E-state index contributed by atoms with van der Waals surface area (Å²) in [6.45, 7) is 12.7. The van der Waals surface area contributed by atoms with Gasteiger partial charge in [0.2, 0.25) is 0 Å². The van der Waals surface area contributed by atoms with E-state index in [0.29, 0.717) is 0 Å². The Bertz CT molecular complexity index is 542. The Morgan fingerprint density at radius 2 is 1.67 bits per heavy atom. The predicted octanol–water partition coefficient (Wildman–Crippen LogP) is 2.70. The molecule has 8 atom stereocenters. The topological polar surface area (TPSA) is 57.2 Å². The second kappa shape index (κ2) is 4.74. The quantitative estimate of drug-likeness (QED) is 0.795. The van der Waals surface area contributed by atoms with Crippen molar-refractivity contribution < 1.29 is 24.1 Å². The lowest BCUT2D eigenvalue weighted by molar-refractivity contribution is -0.241. The fourth-order valence-corrected chi connectivity index (χ4v) is 6.71. The van der Waals surface area contributed by atoms with Crippen molar-refractivity contribution in [3.63, 3.8) is 0 Å². The van der Waals surface area contributed by atoms with Crippen LogP contribution in [0.25, 0.3) is 0 Å². The van der Waals surface area contributed by atoms with E-state index in [1.165, 1.54) is 0 Å². The van der Waals surface area contributed by atoms with E-state index in [9.17, 15) is 5.11 Å². The third kappa shape index (κ3) is 1.94. The van der Waals surface area contributed by atoms with Crippen LogP contribution in [-0.2, 0) is 18.9 Å². The summed E-state index contributed by atoms with van der Waals surface area (Å²) in [6, 6.07) is 0. The number of rotatable bonds is 1. The highest BCUT2D eigenvalue weighted by molar-refractivity contribution is 5.21. The Morgan fingerprint density at radius 1 is 1.00 bits per heavy atom. The molecule has 5 heteroatoms. The Labute approximate surface area is 145 Å². The predicted molar refractivity (Wildman–Crippen MR) is 88.2 cm³/mol. The lowest BCUT2D eigenvalue weighted by Gasteiger charge is -2.62. The molecule has 0 unspecified atom stereocenters. The summed E-state index contributed by atoms with van der Waals surface area (Å²) in [5.74, 6) is -0.565. The molecule has 0 amide bonds. The Balaban J connectivity index is 1.89. The smallest absolute Gasteiger partial charge is 0.163 e. The zero-order valence-electron chi connectivity index (χ0n) is 16.0. The average Bonchev–Trinajstić information content (AvgIpc) is 2.91. The van der Waals surface area contributed by atoms with Crippen LogP contribution in [0, 0.1) is 22.7 Å². The van der Waals surface area contributed by atoms with Crippen LogP contribution in [0.3, 0.4) is 0 Å². The van der Waals surface area contributed by atoms with Gasteiger partial charge in [0, 0.05) is 24.4 Å². The summed E-state index contributed by atoms with van der Waals surface area (Å²) in [4.78, 5) is 0. The van der Waals surface area contributed by atoms with E-state index < -0.39 is 17.7 Å². The first-order valence-corrected chi connectivity index (χ1v) is 9.21. The molecule has 0 spiro atoms. The van der Waals surface area contributed by atoms with Crippen molar-refractivity contribution in [3.05, 3.63) is 0 Å². The molecule has 4 rings (SSSR count). The number of ether oxygens (including phenoxy) is 4. The third-order valence-electron chi connectivity index (χ3n) is 7.39. The summed E-state index contributed by atoms with van der Waals surface area (Å²) in [5, 5.41) is 11.6. The molecule has 5 nitrogen and oxygen atoms in total. The summed E-state index contributed by atoms with van der Waals surface area (Å²) in [7, 11) is 1.67. The van der Waals surface area contributed by atoms with E-state index in [1.54, 1.807) is 7.11 Å². The van der Waals surface area contributed by atoms with Crippen LogP contribution in [0.4, 0.5) is 0 Å². The molecule has 0 aromatic carbocycles. The van der Waals surface area contributed by atoms with Gasteiger partial charge in [-0.2, -0.15) is 0 Å². The van der Waals surface area contributed by atoms with Gasteiger partial charge in [0.25, 0.3) is 0 Å². The number of aliphatic hydroxyl groups is 1. The second-order valence-electron chi connectivity index (χ2n) is 9.82. The molecule has 138 valence electrons. The first-order valence-electron chi connectivity index (χ1n) is 9.21. The van der Waals surface area contributed by atoms with Crippen molar-refractivity contribution in [2.75, 3.05) is 7.11 Å². The largest absolute Gasteiger partial charge is 0.387 e. The zero-order valence-corrected chi connectivity index (χ0v) is 16.0. The molecule has 4 fully saturated rings. The first kappa shape index (κ1) is 17.2. The summed E-state index contributed by atoms with van der Waals surface area (Å²) < 4.78 is 24.6. The fraction of sp³-hybridized carbons (Fsp3) is 1.00. The lowest BCUT2D eigenvalue weighted by atomic mass is 9.44. The van der Waals surface area contributed by atoms with Gasteiger partial charge in [0.15, 0.2) is 12.1 Å². The van der Waals surface area contributed by atoms with E-state index in [-0.39, 0.29) is 41.0 Å². The van der Waals surface area contributed by atoms with Gasteiger partial charge in [-0.25, -0.2) is 0 Å². The second-order valence-corrected chi connectivity index (χ2v) is 9.82. The van der Waals surface area contributed by atoms with Gasteiger partial charge in [-0.05, 0) is 39.0 Å². The Kier molecular flexibility index (Phi) is 3.40. The summed E-state index contributed by atoms with van der Waals surface area (Å²) in [6.07, 6.45) is 1.26. The van der Waals surface area contributed by atoms with Gasteiger partial charge in [0.1, 0.15) is 6.10 Å². The van der Waals surface area contributed by atoms with Crippen LogP contribution in [0.5, 0.6) is 0 Å². The molecular weight excluding hydrogens is 308 g/mol. The maximum absolute atomic E-state index is 11.6. The molecule has 0 bridgehead atoms. The molecule has 2 heterocycles. The minimum Gasteiger partial charge on any atom is -0.387 e. The van der Waals surface area contributed by atoms with Gasteiger partial charge in [-0.15, -0.1) is 0 Å². The third-order valence-corrected chi connectivity index (χ3v) is 7.39. The van der Waals surface area contributed by atoms with Gasteiger partial charge in [-0.1, -0.05) is 20.8 Å². The van der Waals surface area contributed by atoms with E-state index in [2.05, 4.69) is 20.8 Å². The monoisotopic (exact) mass is 340 g/mol. The van der Waals surface area contributed by atoms with E-state index >= 15 is 0 Å². The minimum atomic E-state index is -1.06. The molecule has 2 aliphatic carbocycles. The summed E-state index contributed by atoms with van der Waals surface area (Å²) in [5.41, 5.74) is -1.16. The summed E-state index contributed by atoms with van der Waals surface area (Å²) >= 11 is 0. The van der Waals surface area contributed by atoms with Gasteiger partial charge < -0.3 is 24.1 Å². The molecule has 2 saturated heterocycles. The van der Waals surface area contributed by atoms with Gasteiger partial charge in [-0.3, -0.25) is 0 Å². The minimum absolute atomic E-state index is 0.0882. The van der Waals surface area contributed by atoms with Crippen molar-refractivity contribution in [3.8, 4) is 0 Å².